The fraction of sp³-hybridized carbons (Fsp3) is 0.750. The maximum Gasteiger partial charge on any atom is 0.407 e. The summed E-state index contributed by atoms with van der Waals surface area (Å²) in [5.74, 6) is 0. The largest absolute Gasteiger partial charge is 0.450 e. The average molecular weight is 203 g/mol. The lowest BCUT2D eigenvalue weighted by molar-refractivity contribution is 0.152. The van der Waals surface area contributed by atoms with E-state index in [-0.39, 0.29) is 0 Å². The molecule has 0 aromatic rings. The van der Waals surface area contributed by atoms with Gasteiger partial charge in [-0.3, -0.25) is 0 Å². The summed E-state index contributed by atoms with van der Waals surface area (Å²) >= 11 is 0. The van der Waals surface area contributed by atoms with E-state index in [9.17, 15) is 9.59 Å². The second-order valence-corrected chi connectivity index (χ2v) is 2.65. The van der Waals surface area contributed by atoms with Crippen LogP contribution in [-0.4, -0.2) is 31.8 Å². The molecule has 3 amide bonds. The van der Waals surface area contributed by atoms with Crippen LogP contribution in [0.15, 0.2) is 0 Å². The molecule has 0 aliphatic rings. The van der Waals surface area contributed by atoms with Crippen LogP contribution in [0.25, 0.3) is 0 Å². The number of carbonyl (C=O) groups is 2. The van der Waals surface area contributed by atoms with Gasteiger partial charge in [-0.2, -0.15) is 0 Å². The molecule has 0 fully saturated rings. The van der Waals surface area contributed by atoms with Crippen molar-refractivity contribution >= 4 is 12.1 Å². The average Bonchev–Trinajstić information content (AvgIpc) is 2.11. The molecule has 0 saturated heterocycles. The number of urea groups is 1. The van der Waals surface area contributed by atoms with Gasteiger partial charge in [0.25, 0.3) is 0 Å². The zero-order chi connectivity index (χ0) is 10.8. The Morgan fingerprint density at radius 2 is 1.79 bits per heavy atom. The molecule has 0 saturated carbocycles. The number of primary amides is 1. The number of alkyl carbamates (subject to hydrolysis) is 1. The van der Waals surface area contributed by atoms with E-state index >= 15 is 0 Å². The van der Waals surface area contributed by atoms with E-state index in [2.05, 4.69) is 15.4 Å². The van der Waals surface area contributed by atoms with Gasteiger partial charge >= 0.3 is 12.1 Å². The molecule has 0 heterocycles. The first-order valence-electron chi connectivity index (χ1n) is 4.60. The molecular formula is C8H17N3O3. The fourth-order valence-electron chi connectivity index (χ4n) is 0.834. The number of nitrogens with one attached hydrogen (secondary N) is 2. The molecule has 6 heteroatoms. The highest BCUT2D eigenvalue weighted by Gasteiger charge is 1.98. The standard InChI is InChI=1S/C8H17N3O3/c1-2-14-8(13)11-6-4-3-5-10-7(9)12/h2-6H2,1H3,(H,11,13)(H3,9,10,12). The van der Waals surface area contributed by atoms with Gasteiger partial charge in [0.15, 0.2) is 0 Å². The molecule has 4 N–H and O–H groups in total. The van der Waals surface area contributed by atoms with Crippen molar-refractivity contribution in [3.05, 3.63) is 0 Å². The Morgan fingerprint density at radius 1 is 1.21 bits per heavy atom. The predicted molar refractivity (Wildman–Crippen MR) is 51.8 cm³/mol. The Kier molecular flexibility index (Phi) is 7.30. The molecule has 82 valence electrons. The summed E-state index contributed by atoms with van der Waals surface area (Å²) in [6, 6.07) is -0.525. The minimum atomic E-state index is -0.525. The molecule has 0 aromatic carbocycles. The van der Waals surface area contributed by atoms with E-state index in [4.69, 9.17) is 5.73 Å². The topological polar surface area (TPSA) is 93.4 Å². The predicted octanol–water partition coefficient (Wildman–Crippen LogP) is 0.181. The van der Waals surface area contributed by atoms with Crippen molar-refractivity contribution in [2.75, 3.05) is 19.7 Å². The van der Waals surface area contributed by atoms with Crippen LogP contribution in [0.2, 0.25) is 0 Å². The van der Waals surface area contributed by atoms with Gasteiger partial charge in [-0.1, -0.05) is 0 Å². The third kappa shape index (κ3) is 8.63. The van der Waals surface area contributed by atoms with Crippen LogP contribution in [0, 0.1) is 0 Å². The minimum Gasteiger partial charge on any atom is -0.450 e. The molecular weight excluding hydrogens is 186 g/mol. The van der Waals surface area contributed by atoms with Gasteiger partial charge in [0, 0.05) is 13.1 Å². The minimum absolute atomic E-state index is 0.370. The van der Waals surface area contributed by atoms with Crippen LogP contribution in [-0.2, 0) is 4.74 Å². The van der Waals surface area contributed by atoms with Crippen LogP contribution in [0.1, 0.15) is 19.8 Å². The summed E-state index contributed by atoms with van der Waals surface area (Å²) in [7, 11) is 0. The van der Waals surface area contributed by atoms with Gasteiger partial charge in [0.2, 0.25) is 0 Å². The number of nitrogens with two attached hydrogens (primary N) is 1. The van der Waals surface area contributed by atoms with Gasteiger partial charge in [0.1, 0.15) is 0 Å². The first kappa shape index (κ1) is 12.5. The van der Waals surface area contributed by atoms with Gasteiger partial charge in [0.05, 0.1) is 6.61 Å². The molecule has 0 atom stereocenters. The van der Waals surface area contributed by atoms with Gasteiger partial charge < -0.3 is 21.1 Å². The van der Waals surface area contributed by atoms with E-state index in [1.54, 1.807) is 6.92 Å². The van der Waals surface area contributed by atoms with E-state index in [0.29, 0.717) is 19.7 Å². The van der Waals surface area contributed by atoms with E-state index in [1.807, 2.05) is 0 Å². The summed E-state index contributed by atoms with van der Waals surface area (Å²) in [5.41, 5.74) is 4.86. The SMILES string of the molecule is CCOC(=O)NCCCCNC(N)=O. The summed E-state index contributed by atoms with van der Waals surface area (Å²) < 4.78 is 4.65. The van der Waals surface area contributed by atoms with Gasteiger partial charge in [-0.15, -0.1) is 0 Å². The molecule has 14 heavy (non-hydrogen) atoms. The van der Waals surface area contributed by atoms with Crippen molar-refractivity contribution < 1.29 is 14.3 Å². The van der Waals surface area contributed by atoms with Crippen molar-refractivity contribution in [2.24, 2.45) is 5.73 Å². The molecule has 0 spiro atoms. The maximum absolute atomic E-state index is 10.8. The van der Waals surface area contributed by atoms with Crippen LogP contribution in [0.3, 0.4) is 0 Å². The number of hydrogen-bond donors (Lipinski definition) is 3. The summed E-state index contributed by atoms with van der Waals surface area (Å²) in [5, 5.41) is 5.02. The molecule has 0 unspecified atom stereocenters. The van der Waals surface area contributed by atoms with Crippen molar-refractivity contribution in [1.82, 2.24) is 10.6 Å². The third-order valence-corrected chi connectivity index (χ3v) is 1.45. The molecule has 0 aliphatic heterocycles. The Bertz CT molecular complexity index is 185. The number of amides is 3. The molecule has 0 radical (unpaired) electrons. The quantitative estimate of drug-likeness (QED) is 0.537. The van der Waals surface area contributed by atoms with Crippen LogP contribution in [0.5, 0.6) is 0 Å². The number of hydrogen-bond acceptors (Lipinski definition) is 3. The lowest BCUT2D eigenvalue weighted by Gasteiger charge is -2.04. The Labute approximate surface area is 83.2 Å². The zero-order valence-corrected chi connectivity index (χ0v) is 8.34. The lowest BCUT2D eigenvalue weighted by Crippen LogP contribution is -2.31. The first-order valence-corrected chi connectivity index (χ1v) is 4.60. The molecule has 0 rings (SSSR count). The lowest BCUT2D eigenvalue weighted by atomic mass is 10.3. The Hall–Kier alpha value is -1.46. The third-order valence-electron chi connectivity index (χ3n) is 1.45. The highest BCUT2D eigenvalue weighted by Crippen LogP contribution is 1.85. The van der Waals surface area contributed by atoms with E-state index in [1.165, 1.54) is 0 Å². The summed E-state index contributed by atoms with van der Waals surface area (Å²) in [6.45, 7) is 3.19. The summed E-state index contributed by atoms with van der Waals surface area (Å²) in [6.07, 6.45) is 1.14. The second kappa shape index (κ2) is 8.15. The monoisotopic (exact) mass is 203 g/mol. The van der Waals surface area contributed by atoms with Crippen LogP contribution in [0.4, 0.5) is 9.59 Å². The van der Waals surface area contributed by atoms with E-state index < -0.39 is 12.1 Å². The number of rotatable bonds is 6. The van der Waals surface area contributed by atoms with Crippen molar-refractivity contribution in [3.63, 3.8) is 0 Å². The van der Waals surface area contributed by atoms with Crippen LogP contribution >= 0.6 is 0 Å². The summed E-state index contributed by atoms with van der Waals surface area (Å²) in [4.78, 5) is 21.0. The molecule has 0 aliphatic carbocycles. The second-order valence-electron chi connectivity index (χ2n) is 2.65. The number of unbranched alkanes of at least 4 members (excludes halogenated alkanes) is 1. The molecule has 0 aromatic heterocycles. The maximum atomic E-state index is 10.8. The first-order chi connectivity index (χ1) is 6.66. The fourth-order valence-corrected chi connectivity index (χ4v) is 0.834. The normalized spacial score (nSPS) is 9.21. The Morgan fingerprint density at radius 3 is 2.29 bits per heavy atom. The van der Waals surface area contributed by atoms with Gasteiger partial charge in [-0.25, -0.2) is 9.59 Å². The number of carbonyl (C=O) groups excluding carboxylic acids is 2. The highest BCUT2D eigenvalue weighted by molar-refractivity contribution is 5.71. The molecule has 0 bridgehead atoms. The van der Waals surface area contributed by atoms with Crippen molar-refractivity contribution in [2.45, 2.75) is 19.8 Å². The smallest absolute Gasteiger partial charge is 0.407 e. The van der Waals surface area contributed by atoms with Crippen molar-refractivity contribution in [1.29, 1.82) is 0 Å². The van der Waals surface area contributed by atoms with E-state index in [0.717, 1.165) is 12.8 Å². The molecule has 6 nitrogen and oxygen atoms in total. The zero-order valence-electron chi connectivity index (χ0n) is 8.34. The number of ether oxygens (including phenoxy) is 1. The van der Waals surface area contributed by atoms with Crippen molar-refractivity contribution in [3.8, 4) is 0 Å². The van der Waals surface area contributed by atoms with Gasteiger partial charge in [-0.05, 0) is 19.8 Å². The highest BCUT2D eigenvalue weighted by atomic mass is 16.5. The van der Waals surface area contributed by atoms with Crippen LogP contribution < -0.4 is 16.4 Å². The Balaban J connectivity index is 3.13.